The number of rotatable bonds is 1. The number of hydrogen-bond donors (Lipinski definition) is 1. The van der Waals surface area contributed by atoms with Gasteiger partial charge in [0, 0.05) is 12.4 Å². The number of hydrogen-bond acceptors (Lipinski definition) is 4. The largest absolute Gasteiger partial charge is 0.462 e. The normalized spacial score (nSPS) is 9.29. The summed E-state index contributed by atoms with van der Waals surface area (Å²) in [7, 11) is 1.14. The van der Waals surface area contributed by atoms with E-state index in [1.807, 2.05) is 0 Å². The zero-order valence-electron chi connectivity index (χ0n) is 7.28. The number of halogens is 1. The fourth-order valence-corrected chi connectivity index (χ4v) is 1.09. The third-order valence-corrected chi connectivity index (χ3v) is 2.02. The molecule has 74 valence electrons. The zero-order chi connectivity index (χ0) is 10.6. The van der Waals surface area contributed by atoms with Crippen LogP contribution in [0.25, 0.3) is 0 Å². The van der Waals surface area contributed by atoms with Crippen molar-refractivity contribution in [2.75, 3.05) is 12.4 Å². The van der Waals surface area contributed by atoms with Crippen LogP contribution >= 0.6 is 15.9 Å². The molecule has 0 aliphatic rings. The van der Waals surface area contributed by atoms with Gasteiger partial charge in [-0.1, -0.05) is 0 Å². The minimum Gasteiger partial charge on any atom is -0.462 e. The Morgan fingerprint density at radius 3 is 2.86 bits per heavy atom. The van der Waals surface area contributed by atoms with Crippen LogP contribution in [-0.2, 0) is 14.3 Å². The number of nitrogens with one attached hydrogen (secondary N) is 1. The molecular formula is C8H7BrN2O3. The summed E-state index contributed by atoms with van der Waals surface area (Å²) in [6.45, 7) is 0. The third kappa shape index (κ3) is 2.53. The van der Waals surface area contributed by atoms with Crippen molar-refractivity contribution < 1.29 is 14.3 Å². The maximum Gasteiger partial charge on any atom is 0.396 e. The fraction of sp³-hybridized carbons (Fsp3) is 0.125. The predicted molar refractivity (Wildman–Crippen MR) is 52.6 cm³/mol. The van der Waals surface area contributed by atoms with E-state index in [0.717, 1.165) is 7.11 Å². The average Bonchev–Trinajstić information content (AvgIpc) is 2.20. The van der Waals surface area contributed by atoms with Crippen LogP contribution in [-0.4, -0.2) is 24.0 Å². The molecule has 1 aromatic rings. The molecule has 1 rings (SSSR count). The lowest BCUT2D eigenvalue weighted by Crippen LogP contribution is -2.23. The van der Waals surface area contributed by atoms with Gasteiger partial charge in [0.1, 0.15) is 0 Å². The number of anilines is 1. The number of aromatic nitrogens is 1. The van der Waals surface area contributed by atoms with Crippen molar-refractivity contribution in [1.29, 1.82) is 0 Å². The van der Waals surface area contributed by atoms with Crippen molar-refractivity contribution in [3.05, 3.63) is 22.9 Å². The summed E-state index contributed by atoms with van der Waals surface area (Å²) < 4.78 is 4.84. The quantitative estimate of drug-likeness (QED) is 0.602. The highest BCUT2D eigenvalue weighted by Crippen LogP contribution is 2.19. The smallest absolute Gasteiger partial charge is 0.396 e. The number of ether oxygens (including phenoxy) is 1. The lowest BCUT2D eigenvalue weighted by Gasteiger charge is -2.04. The van der Waals surface area contributed by atoms with E-state index in [2.05, 4.69) is 31.0 Å². The van der Waals surface area contributed by atoms with Crippen LogP contribution in [0.3, 0.4) is 0 Å². The monoisotopic (exact) mass is 258 g/mol. The fourth-order valence-electron chi connectivity index (χ4n) is 0.743. The minimum absolute atomic E-state index is 0.468. The standard InChI is InChI=1S/C8H7BrN2O3/c1-14-8(13)7(12)11-6-2-3-10-4-5(6)9/h2-4H,1H3,(H,10,11,12). The molecule has 0 spiro atoms. The first-order valence-corrected chi connectivity index (χ1v) is 4.43. The Balaban J connectivity index is 2.75. The van der Waals surface area contributed by atoms with E-state index >= 15 is 0 Å². The van der Waals surface area contributed by atoms with Crippen molar-refractivity contribution in [2.45, 2.75) is 0 Å². The number of methoxy groups -OCH3 is 1. The van der Waals surface area contributed by atoms with Crippen LogP contribution in [0.1, 0.15) is 0 Å². The molecule has 5 nitrogen and oxygen atoms in total. The topological polar surface area (TPSA) is 68.3 Å². The van der Waals surface area contributed by atoms with E-state index in [-0.39, 0.29) is 0 Å². The first kappa shape index (κ1) is 10.6. The molecule has 1 amide bonds. The molecule has 14 heavy (non-hydrogen) atoms. The van der Waals surface area contributed by atoms with Gasteiger partial charge in [0.25, 0.3) is 0 Å². The van der Waals surface area contributed by atoms with Gasteiger partial charge >= 0.3 is 11.9 Å². The second-order valence-electron chi connectivity index (χ2n) is 2.30. The van der Waals surface area contributed by atoms with Crippen molar-refractivity contribution in [2.24, 2.45) is 0 Å². The van der Waals surface area contributed by atoms with Crippen LogP contribution in [0.2, 0.25) is 0 Å². The summed E-state index contributed by atoms with van der Waals surface area (Å²) in [6.07, 6.45) is 3.00. The van der Waals surface area contributed by atoms with Crippen LogP contribution in [0.15, 0.2) is 22.9 Å². The number of carbonyl (C=O) groups excluding carboxylic acids is 2. The van der Waals surface area contributed by atoms with E-state index in [1.54, 1.807) is 6.07 Å². The molecule has 0 aromatic carbocycles. The highest BCUT2D eigenvalue weighted by atomic mass is 79.9. The van der Waals surface area contributed by atoms with Crippen molar-refractivity contribution in [3.8, 4) is 0 Å². The highest BCUT2D eigenvalue weighted by molar-refractivity contribution is 9.10. The van der Waals surface area contributed by atoms with E-state index in [0.29, 0.717) is 10.2 Å². The molecule has 0 radical (unpaired) electrons. The minimum atomic E-state index is -0.936. The molecule has 0 aliphatic heterocycles. The Bertz CT molecular complexity index is 367. The van der Waals surface area contributed by atoms with E-state index in [9.17, 15) is 9.59 Å². The number of amides is 1. The maximum absolute atomic E-state index is 11.1. The summed E-state index contributed by atoms with van der Waals surface area (Å²) in [6, 6.07) is 1.56. The number of pyridine rings is 1. The second-order valence-corrected chi connectivity index (χ2v) is 3.16. The van der Waals surface area contributed by atoms with Crippen LogP contribution in [0.4, 0.5) is 5.69 Å². The lowest BCUT2D eigenvalue weighted by molar-refractivity contribution is -0.150. The molecule has 1 aromatic heterocycles. The molecule has 0 fully saturated rings. The Hall–Kier alpha value is -1.43. The van der Waals surface area contributed by atoms with Gasteiger partial charge < -0.3 is 10.1 Å². The number of nitrogens with zero attached hydrogens (tertiary/aromatic N) is 1. The summed E-state index contributed by atoms with van der Waals surface area (Å²) in [5.41, 5.74) is 0.468. The van der Waals surface area contributed by atoms with E-state index in [4.69, 9.17) is 0 Å². The molecule has 0 saturated carbocycles. The predicted octanol–water partition coefficient (Wildman–Crippen LogP) is 0.956. The lowest BCUT2D eigenvalue weighted by atomic mass is 10.4. The molecule has 0 saturated heterocycles. The van der Waals surface area contributed by atoms with Gasteiger partial charge in [-0.15, -0.1) is 0 Å². The Labute approximate surface area is 88.6 Å². The zero-order valence-corrected chi connectivity index (χ0v) is 8.87. The molecule has 0 aliphatic carbocycles. The van der Waals surface area contributed by atoms with Crippen molar-refractivity contribution in [3.63, 3.8) is 0 Å². The first-order chi connectivity index (χ1) is 6.65. The SMILES string of the molecule is COC(=O)C(=O)Nc1ccncc1Br. The summed E-state index contributed by atoms with van der Waals surface area (Å²) in [5.74, 6) is -1.76. The van der Waals surface area contributed by atoms with Gasteiger partial charge in [-0.25, -0.2) is 4.79 Å². The molecule has 6 heteroatoms. The van der Waals surface area contributed by atoms with Crippen LogP contribution in [0.5, 0.6) is 0 Å². The van der Waals surface area contributed by atoms with Crippen LogP contribution in [0, 0.1) is 0 Å². The molecule has 1 N–H and O–H groups in total. The average molecular weight is 259 g/mol. The van der Waals surface area contributed by atoms with Crippen molar-refractivity contribution >= 4 is 33.5 Å². The maximum atomic E-state index is 11.1. The number of carbonyl (C=O) groups is 2. The van der Waals surface area contributed by atoms with Gasteiger partial charge in [-0.05, 0) is 22.0 Å². The highest BCUT2D eigenvalue weighted by Gasteiger charge is 2.14. The third-order valence-electron chi connectivity index (χ3n) is 1.39. The molecule has 1 heterocycles. The Kier molecular flexibility index (Phi) is 3.58. The molecular weight excluding hydrogens is 252 g/mol. The summed E-state index contributed by atoms with van der Waals surface area (Å²) in [4.78, 5) is 25.6. The van der Waals surface area contributed by atoms with Gasteiger partial charge in [0.15, 0.2) is 0 Å². The van der Waals surface area contributed by atoms with Gasteiger partial charge in [0.05, 0.1) is 17.3 Å². The summed E-state index contributed by atoms with van der Waals surface area (Å²) >= 11 is 3.17. The van der Waals surface area contributed by atoms with Gasteiger partial charge in [0.2, 0.25) is 0 Å². The Morgan fingerprint density at radius 1 is 1.57 bits per heavy atom. The Morgan fingerprint density at radius 2 is 2.29 bits per heavy atom. The molecule has 0 unspecified atom stereocenters. The number of esters is 1. The van der Waals surface area contributed by atoms with E-state index < -0.39 is 11.9 Å². The van der Waals surface area contributed by atoms with Gasteiger partial charge in [-0.2, -0.15) is 0 Å². The molecule has 0 bridgehead atoms. The van der Waals surface area contributed by atoms with E-state index in [1.165, 1.54) is 12.4 Å². The summed E-state index contributed by atoms with van der Waals surface area (Å²) in [5, 5.41) is 2.36. The van der Waals surface area contributed by atoms with Gasteiger partial charge in [-0.3, -0.25) is 9.78 Å². The molecule has 0 atom stereocenters. The second kappa shape index (κ2) is 4.71. The first-order valence-electron chi connectivity index (χ1n) is 3.64. The van der Waals surface area contributed by atoms with Crippen molar-refractivity contribution in [1.82, 2.24) is 4.98 Å². The van der Waals surface area contributed by atoms with Crippen LogP contribution < -0.4 is 5.32 Å².